The number of benzene rings is 2. The van der Waals surface area contributed by atoms with E-state index in [0.29, 0.717) is 23.8 Å². The molecule has 0 radical (unpaired) electrons. The normalized spacial score (nSPS) is 11.0. The van der Waals surface area contributed by atoms with Crippen molar-refractivity contribution >= 4 is 16.7 Å². The first kappa shape index (κ1) is 17.7. The molecule has 0 heterocycles. The van der Waals surface area contributed by atoms with E-state index in [4.69, 9.17) is 5.11 Å². The van der Waals surface area contributed by atoms with Crippen LogP contribution < -0.4 is 0 Å². The van der Waals surface area contributed by atoms with E-state index < -0.39 is 17.5 Å². The van der Waals surface area contributed by atoms with Crippen LogP contribution in [0.2, 0.25) is 0 Å². The maximum atomic E-state index is 10.5. The van der Waals surface area contributed by atoms with Gasteiger partial charge < -0.3 is 25.5 Å². The quantitative estimate of drug-likeness (QED) is 0.390. The fourth-order valence-electron chi connectivity index (χ4n) is 2.97. The monoisotopic (exact) mass is 334 g/mol. The molecule has 5 N–H and O–H groups in total. The molecule has 0 bridgehead atoms. The van der Waals surface area contributed by atoms with E-state index in [-0.39, 0.29) is 23.3 Å². The number of hydrogen-bond acceptors (Lipinski definition) is 5. The molecule has 0 amide bonds. The number of carbonyl (C=O) groups is 1. The highest BCUT2D eigenvalue weighted by Crippen LogP contribution is 2.47. The predicted octanol–water partition coefficient (Wildman–Crippen LogP) is 3.55. The van der Waals surface area contributed by atoms with E-state index in [9.17, 15) is 25.2 Å². The lowest BCUT2D eigenvalue weighted by atomic mass is 9.93. The number of aliphatic carboxylic acids is 1. The summed E-state index contributed by atoms with van der Waals surface area (Å²) in [6.07, 6.45) is 3.85. The zero-order valence-corrected chi connectivity index (χ0v) is 13.5. The predicted molar refractivity (Wildman–Crippen MR) is 89.8 cm³/mol. The first-order chi connectivity index (χ1) is 11.3. The summed E-state index contributed by atoms with van der Waals surface area (Å²) in [5.41, 5.74) is 1.34. The van der Waals surface area contributed by atoms with Crippen molar-refractivity contribution in [3.63, 3.8) is 0 Å². The molecule has 6 heteroatoms. The van der Waals surface area contributed by atoms with Crippen molar-refractivity contribution in [3.8, 4) is 23.0 Å². The molecular weight excluding hydrogens is 312 g/mol. The second kappa shape index (κ2) is 7.29. The third-order valence-corrected chi connectivity index (χ3v) is 4.32. The summed E-state index contributed by atoms with van der Waals surface area (Å²) in [6, 6.07) is 2.96. The van der Waals surface area contributed by atoms with E-state index in [1.54, 1.807) is 13.0 Å². The van der Waals surface area contributed by atoms with Crippen molar-refractivity contribution in [3.05, 3.63) is 23.3 Å². The zero-order valence-electron chi connectivity index (χ0n) is 13.5. The van der Waals surface area contributed by atoms with Crippen LogP contribution in [0.15, 0.2) is 12.1 Å². The first-order valence-electron chi connectivity index (χ1n) is 7.94. The van der Waals surface area contributed by atoms with Gasteiger partial charge in [-0.2, -0.15) is 0 Å². The van der Waals surface area contributed by atoms with Crippen LogP contribution in [0, 0.1) is 6.92 Å². The molecule has 0 atom stereocenters. The number of phenolic OH excluding ortho intramolecular Hbond substituents is 4. The molecule has 0 saturated heterocycles. The van der Waals surface area contributed by atoms with Gasteiger partial charge in [0.1, 0.15) is 0 Å². The Morgan fingerprint density at radius 3 is 2.25 bits per heavy atom. The number of aromatic hydroxyl groups is 4. The Kier molecular flexibility index (Phi) is 5.39. The van der Waals surface area contributed by atoms with Crippen LogP contribution in [0.5, 0.6) is 23.0 Å². The summed E-state index contributed by atoms with van der Waals surface area (Å²) in [6.45, 7) is 1.69. The van der Waals surface area contributed by atoms with Crippen molar-refractivity contribution in [2.24, 2.45) is 0 Å². The second-order valence-electron chi connectivity index (χ2n) is 5.96. The molecule has 0 aliphatic carbocycles. The van der Waals surface area contributed by atoms with Crippen LogP contribution in [0.3, 0.4) is 0 Å². The smallest absolute Gasteiger partial charge is 0.303 e. The molecule has 2 aromatic carbocycles. The van der Waals surface area contributed by atoms with Crippen molar-refractivity contribution < 1.29 is 30.3 Å². The summed E-state index contributed by atoms with van der Waals surface area (Å²) in [4.78, 5) is 10.5. The van der Waals surface area contributed by atoms with E-state index in [1.165, 1.54) is 6.07 Å². The Hall–Kier alpha value is -2.63. The molecule has 0 saturated carbocycles. The number of fused-ring (bicyclic) bond motifs is 1. The third-order valence-electron chi connectivity index (χ3n) is 4.32. The highest BCUT2D eigenvalue weighted by atomic mass is 16.4. The van der Waals surface area contributed by atoms with E-state index in [0.717, 1.165) is 24.8 Å². The number of aryl methyl sites for hydroxylation is 1. The molecule has 24 heavy (non-hydrogen) atoms. The van der Waals surface area contributed by atoms with Gasteiger partial charge in [-0.05, 0) is 54.8 Å². The minimum atomic E-state index is -0.796. The number of carboxylic acids is 1. The van der Waals surface area contributed by atoms with Gasteiger partial charge in [0.2, 0.25) is 0 Å². The maximum absolute atomic E-state index is 10.5. The minimum Gasteiger partial charge on any atom is -0.504 e. The Labute approximate surface area is 139 Å². The zero-order chi connectivity index (χ0) is 17.9. The van der Waals surface area contributed by atoms with Gasteiger partial charge in [0.15, 0.2) is 23.0 Å². The lowest BCUT2D eigenvalue weighted by Gasteiger charge is -2.15. The lowest BCUT2D eigenvalue weighted by Crippen LogP contribution is -1.96. The van der Waals surface area contributed by atoms with Gasteiger partial charge in [0.05, 0.1) is 5.39 Å². The van der Waals surface area contributed by atoms with Crippen molar-refractivity contribution in [1.29, 1.82) is 0 Å². The maximum Gasteiger partial charge on any atom is 0.303 e. The van der Waals surface area contributed by atoms with Gasteiger partial charge in [-0.3, -0.25) is 4.79 Å². The van der Waals surface area contributed by atoms with Crippen LogP contribution in [0.1, 0.15) is 43.2 Å². The van der Waals surface area contributed by atoms with E-state index >= 15 is 0 Å². The first-order valence-corrected chi connectivity index (χ1v) is 7.94. The van der Waals surface area contributed by atoms with E-state index in [1.807, 2.05) is 0 Å². The average Bonchev–Trinajstić information content (AvgIpc) is 2.54. The Morgan fingerprint density at radius 2 is 1.58 bits per heavy atom. The molecule has 0 fully saturated rings. The van der Waals surface area contributed by atoms with Gasteiger partial charge in [-0.25, -0.2) is 0 Å². The van der Waals surface area contributed by atoms with Crippen molar-refractivity contribution in [2.75, 3.05) is 0 Å². The summed E-state index contributed by atoms with van der Waals surface area (Å²) in [5.74, 6) is -2.36. The Morgan fingerprint density at radius 1 is 0.917 bits per heavy atom. The van der Waals surface area contributed by atoms with Crippen LogP contribution in [0.25, 0.3) is 10.8 Å². The fraction of sp³-hybridized carbons (Fsp3) is 0.389. The number of rotatable bonds is 7. The molecule has 130 valence electrons. The SMILES string of the molecule is Cc1c(O)c(O)c2c(O)c(O)ccc2c1CCCCCCC(=O)O. The van der Waals surface area contributed by atoms with Gasteiger partial charge >= 0.3 is 5.97 Å². The van der Waals surface area contributed by atoms with Crippen molar-refractivity contribution in [1.82, 2.24) is 0 Å². The molecule has 0 unspecified atom stereocenters. The molecule has 0 aromatic heterocycles. The number of phenols is 4. The topological polar surface area (TPSA) is 118 Å². The molecule has 2 rings (SSSR count). The van der Waals surface area contributed by atoms with E-state index in [2.05, 4.69) is 0 Å². The van der Waals surface area contributed by atoms with Gasteiger partial charge in [-0.1, -0.05) is 12.8 Å². The molecule has 0 spiro atoms. The largest absolute Gasteiger partial charge is 0.504 e. The third kappa shape index (κ3) is 3.48. The summed E-state index contributed by atoms with van der Waals surface area (Å²) >= 11 is 0. The molecular formula is C18H22O6. The van der Waals surface area contributed by atoms with Crippen LogP contribution in [-0.4, -0.2) is 31.5 Å². The highest BCUT2D eigenvalue weighted by Gasteiger charge is 2.19. The van der Waals surface area contributed by atoms with Crippen LogP contribution in [0.4, 0.5) is 0 Å². The Balaban J connectivity index is 2.24. The van der Waals surface area contributed by atoms with Crippen LogP contribution >= 0.6 is 0 Å². The molecule has 0 aliphatic rings. The number of hydrogen-bond donors (Lipinski definition) is 5. The lowest BCUT2D eigenvalue weighted by molar-refractivity contribution is -0.137. The summed E-state index contributed by atoms with van der Waals surface area (Å²) in [7, 11) is 0. The molecule has 2 aromatic rings. The highest BCUT2D eigenvalue weighted by molar-refractivity contribution is 6.00. The standard InChI is InChI=1S/C18H22O6/c1-10-11(6-4-2-3-5-7-14(20)21)12-8-9-13(19)17(23)15(12)18(24)16(10)22/h8-9,19,22-24H,2-7H2,1H3,(H,20,21). The Bertz CT molecular complexity index is 766. The molecule has 0 aliphatic heterocycles. The number of carboxylic acid groups (broad SMARTS) is 1. The summed E-state index contributed by atoms with van der Waals surface area (Å²) in [5, 5.41) is 49.0. The second-order valence-corrected chi connectivity index (χ2v) is 5.96. The minimum absolute atomic E-state index is 0.0407. The van der Waals surface area contributed by atoms with Gasteiger partial charge in [0.25, 0.3) is 0 Å². The molecule has 6 nitrogen and oxygen atoms in total. The van der Waals surface area contributed by atoms with Gasteiger partial charge in [-0.15, -0.1) is 0 Å². The van der Waals surface area contributed by atoms with Crippen LogP contribution in [-0.2, 0) is 11.2 Å². The van der Waals surface area contributed by atoms with Gasteiger partial charge in [0, 0.05) is 6.42 Å². The average molecular weight is 334 g/mol. The summed E-state index contributed by atoms with van der Waals surface area (Å²) < 4.78 is 0. The fourth-order valence-corrected chi connectivity index (χ4v) is 2.97. The number of unbranched alkanes of at least 4 members (excludes halogenated alkanes) is 3. The van der Waals surface area contributed by atoms with Crippen molar-refractivity contribution in [2.45, 2.75) is 45.4 Å².